The molecule has 0 radical (unpaired) electrons. The molecule has 2 fully saturated rings. The van der Waals surface area contributed by atoms with Gasteiger partial charge in [-0.1, -0.05) is 20.8 Å². The van der Waals surface area contributed by atoms with Crippen molar-refractivity contribution in [2.75, 3.05) is 32.7 Å². The monoisotopic (exact) mass is 297 g/mol. The van der Waals surface area contributed by atoms with Gasteiger partial charge in [0.2, 0.25) is 0 Å². The van der Waals surface area contributed by atoms with Crippen molar-refractivity contribution in [3.05, 3.63) is 0 Å². The molecule has 0 unspecified atom stereocenters. The number of carboxylic acid groups (broad SMARTS) is 1. The van der Waals surface area contributed by atoms with E-state index in [1.165, 1.54) is 12.8 Å². The largest absolute Gasteiger partial charge is 0.480 e. The maximum atomic E-state index is 12.2. The summed E-state index contributed by atoms with van der Waals surface area (Å²) in [6.07, 6.45) is 2.68. The number of rotatable bonds is 4. The fraction of sp³-hybridized carbons (Fsp3) is 0.867. The van der Waals surface area contributed by atoms with E-state index in [2.05, 4.69) is 10.2 Å². The number of urea groups is 1. The molecule has 2 amide bonds. The topological polar surface area (TPSA) is 72.9 Å². The lowest BCUT2D eigenvalue weighted by Gasteiger charge is -2.36. The van der Waals surface area contributed by atoms with Gasteiger partial charge in [0.1, 0.15) is 6.04 Å². The second kappa shape index (κ2) is 6.22. The zero-order valence-electron chi connectivity index (χ0n) is 13.3. The van der Waals surface area contributed by atoms with Crippen LogP contribution in [0.4, 0.5) is 4.79 Å². The van der Waals surface area contributed by atoms with Gasteiger partial charge in [-0.2, -0.15) is 0 Å². The van der Waals surface area contributed by atoms with Crippen LogP contribution in [0.2, 0.25) is 0 Å². The highest BCUT2D eigenvalue weighted by atomic mass is 16.4. The molecule has 2 aliphatic rings. The molecule has 1 saturated carbocycles. The number of carbonyl (C=O) groups is 2. The van der Waals surface area contributed by atoms with Crippen molar-refractivity contribution in [3.8, 4) is 0 Å². The first-order valence-electron chi connectivity index (χ1n) is 7.78. The van der Waals surface area contributed by atoms with Crippen LogP contribution in [-0.2, 0) is 4.79 Å². The number of nitrogens with zero attached hydrogens (tertiary/aromatic N) is 2. The Hall–Kier alpha value is -1.30. The first-order valence-corrected chi connectivity index (χ1v) is 7.78. The Balaban J connectivity index is 1.81. The summed E-state index contributed by atoms with van der Waals surface area (Å²) in [5, 5.41) is 11.9. The van der Waals surface area contributed by atoms with E-state index in [0.29, 0.717) is 13.1 Å². The van der Waals surface area contributed by atoms with Crippen LogP contribution < -0.4 is 5.32 Å². The van der Waals surface area contributed by atoms with Gasteiger partial charge in [-0.3, -0.25) is 4.90 Å². The van der Waals surface area contributed by atoms with Gasteiger partial charge in [0.25, 0.3) is 0 Å². The fourth-order valence-corrected chi connectivity index (χ4v) is 2.66. The van der Waals surface area contributed by atoms with Crippen molar-refractivity contribution in [1.29, 1.82) is 0 Å². The van der Waals surface area contributed by atoms with Gasteiger partial charge in [0.15, 0.2) is 0 Å². The third-order valence-corrected chi connectivity index (χ3v) is 4.25. The molecule has 0 aromatic carbocycles. The lowest BCUT2D eigenvalue weighted by Crippen LogP contribution is -2.57. The SMILES string of the molecule is CC(C)(C)[C@H](NC(=O)N1CCN(CC2CC2)CC1)C(=O)O. The van der Waals surface area contributed by atoms with Gasteiger partial charge in [0, 0.05) is 32.7 Å². The van der Waals surface area contributed by atoms with Gasteiger partial charge < -0.3 is 15.3 Å². The molecule has 6 nitrogen and oxygen atoms in total. The van der Waals surface area contributed by atoms with Gasteiger partial charge >= 0.3 is 12.0 Å². The molecule has 0 spiro atoms. The minimum absolute atomic E-state index is 0.261. The number of carboxylic acids is 1. The van der Waals surface area contributed by atoms with Crippen molar-refractivity contribution in [3.63, 3.8) is 0 Å². The van der Waals surface area contributed by atoms with Gasteiger partial charge in [-0.05, 0) is 24.2 Å². The first-order chi connectivity index (χ1) is 9.77. The third kappa shape index (κ3) is 4.59. The highest BCUT2D eigenvalue weighted by molar-refractivity contribution is 5.83. The van der Waals surface area contributed by atoms with E-state index in [0.717, 1.165) is 25.6 Å². The van der Waals surface area contributed by atoms with Crippen molar-refractivity contribution in [2.24, 2.45) is 11.3 Å². The molecule has 21 heavy (non-hydrogen) atoms. The number of nitrogens with one attached hydrogen (secondary N) is 1. The molecule has 1 heterocycles. The number of hydrogen-bond acceptors (Lipinski definition) is 3. The molecular weight excluding hydrogens is 270 g/mol. The lowest BCUT2D eigenvalue weighted by atomic mass is 9.87. The minimum Gasteiger partial charge on any atom is -0.480 e. The summed E-state index contributed by atoms with van der Waals surface area (Å²) in [5.74, 6) is -0.120. The summed E-state index contributed by atoms with van der Waals surface area (Å²) in [6, 6.07) is -1.13. The second-order valence-corrected chi connectivity index (χ2v) is 7.32. The van der Waals surface area contributed by atoms with Crippen LogP contribution >= 0.6 is 0 Å². The standard InChI is InChI=1S/C15H27N3O3/c1-15(2,3)12(13(19)20)16-14(21)18-8-6-17(7-9-18)10-11-4-5-11/h11-12H,4-10H2,1-3H3,(H,16,21)(H,19,20)/t12-/m1/s1. The Morgan fingerprint density at radius 3 is 2.19 bits per heavy atom. The molecule has 1 aliphatic heterocycles. The lowest BCUT2D eigenvalue weighted by molar-refractivity contribution is -0.142. The Morgan fingerprint density at radius 2 is 1.76 bits per heavy atom. The molecule has 0 bridgehead atoms. The highest BCUT2D eigenvalue weighted by Crippen LogP contribution is 2.29. The summed E-state index contributed by atoms with van der Waals surface area (Å²) in [5.41, 5.74) is -0.505. The predicted octanol–water partition coefficient (Wildman–Crippen LogP) is 1.22. The number of amides is 2. The van der Waals surface area contributed by atoms with Crippen LogP contribution in [0.5, 0.6) is 0 Å². The average Bonchev–Trinajstić information content (AvgIpc) is 3.18. The smallest absolute Gasteiger partial charge is 0.326 e. The number of carbonyl (C=O) groups excluding carboxylic acids is 1. The molecule has 0 aromatic heterocycles. The fourth-order valence-electron chi connectivity index (χ4n) is 2.66. The van der Waals surface area contributed by atoms with Gasteiger partial charge in [-0.15, -0.1) is 0 Å². The molecule has 1 saturated heterocycles. The number of hydrogen-bond donors (Lipinski definition) is 2. The molecule has 1 aliphatic carbocycles. The third-order valence-electron chi connectivity index (χ3n) is 4.25. The Labute approximate surface area is 126 Å². The Morgan fingerprint density at radius 1 is 1.19 bits per heavy atom. The van der Waals surface area contributed by atoms with Crippen LogP contribution in [0.3, 0.4) is 0 Å². The van der Waals surface area contributed by atoms with E-state index in [1.54, 1.807) is 4.90 Å². The highest BCUT2D eigenvalue weighted by Gasteiger charge is 2.34. The zero-order valence-corrected chi connectivity index (χ0v) is 13.3. The van der Waals surface area contributed by atoms with E-state index < -0.39 is 17.4 Å². The molecule has 6 heteroatoms. The zero-order chi connectivity index (χ0) is 15.6. The summed E-state index contributed by atoms with van der Waals surface area (Å²) in [4.78, 5) is 27.7. The minimum atomic E-state index is -0.983. The summed E-state index contributed by atoms with van der Waals surface area (Å²) in [7, 11) is 0. The van der Waals surface area contributed by atoms with Crippen LogP contribution in [0.15, 0.2) is 0 Å². The van der Waals surface area contributed by atoms with Gasteiger partial charge in [-0.25, -0.2) is 9.59 Å². The number of aliphatic carboxylic acids is 1. The van der Waals surface area contributed by atoms with Crippen molar-refractivity contribution in [2.45, 2.75) is 39.7 Å². The van der Waals surface area contributed by atoms with Gasteiger partial charge in [0.05, 0.1) is 0 Å². The van der Waals surface area contributed by atoms with Crippen LogP contribution in [0.1, 0.15) is 33.6 Å². The maximum absolute atomic E-state index is 12.2. The number of piperazine rings is 1. The van der Waals surface area contributed by atoms with Crippen LogP contribution in [0, 0.1) is 11.3 Å². The molecule has 120 valence electrons. The average molecular weight is 297 g/mol. The molecule has 2 N–H and O–H groups in total. The van der Waals surface area contributed by atoms with Crippen molar-refractivity contribution >= 4 is 12.0 Å². The van der Waals surface area contributed by atoms with E-state index in [9.17, 15) is 14.7 Å². The molecule has 1 atom stereocenters. The molecule has 2 rings (SSSR count). The normalized spacial score (nSPS) is 22.0. The summed E-state index contributed by atoms with van der Waals surface area (Å²) in [6.45, 7) is 9.73. The summed E-state index contributed by atoms with van der Waals surface area (Å²) >= 11 is 0. The van der Waals surface area contributed by atoms with E-state index in [4.69, 9.17) is 0 Å². The predicted molar refractivity (Wildman–Crippen MR) is 80.1 cm³/mol. The van der Waals surface area contributed by atoms with E-state index in [-0.39, 0.29) is 6.03 Å². The summed E-state index contributed by atoms with van der Waals surface area (Å²) < 4.78 is 0. The maximum Gasteiger partial charge on any atom is 0.326 e. The van der Waals surface area contributed by atoms with Crippen molar-refractivity contribution in [1.82, 2.24) is 15.1 Å². The quantitative estimate of drug-likeness (QED) is 0.818. The molecular formula is C15H27N3O3. The van der Waals surface area contributed by atoms with Crippen LogP contribution in [0.25, 0.3) is 0 Å². The van der Waals surface area contributed by atoms with E-state index in [1.807, 2.05) is 20.8 Å². The van der Waals surface area contributed by atoms with Crippen LogP contribution in [-0.4, -0.2) is 65.7 Å². The molecule has 0 aromatic rings. The van der Waals surface area contributed by atoms with Crippen molar-refractivity contribution < 1.29 is 14.7 Å². The second-order valence-electron chi connectivity index (χ2n) is 7.32. The Bertz CT molecular complexity index is 393. The Kier molecular flexibility index (Phi) is 4.76. The van der Waals surface area contributed by atoms with E-state index >= 15 is 0 Å². The first kappa shape index (κ1) is 16.1.